The molecule has 1 atom stereocenters. The van der Waals surface area contributed by atoms with E-state index >= 15 is 0 Å². The van der Waals surface area contributed by atoms with Gasteiger partial charge in [0, 0.05) is 0 Å². The smallest absolute Gasteiger partial charge is 0.106 e. The first kappa shape index (κ1) is 8.92. The van der Waals surface area contributed by atoms with Crippen LogP contribution >= 0.6 is 0 Å². The lowest BCUT2D eigenvalue weighted by Gasteiger charge is -2.14. The highest BCUT2D eigenvalue weighted by molar-refractivity contribution is 4.53. The predicted molar refractivity (Wildman–Crippen MR) is 35.8 cm³/mol. The zero-order valence-corrected chi connectivity index (χ0v) is 6.39. The Labute approximate surface area is 56.8 Å². The number of hydrogen-bond donors (Lipinski definition) is 0. The Morgan fingerprint density at radius 3 is 2.22 bits per heavy atom. The Balaban J connectivity index is 3.16. The maximum Gasteiger partial charge on any atom is 0.106 e. The van der Waals surface area contributed by atoms with Gasteiger partial charge < -0.3 is 4.74 Å². The van der Waals surface area contributed by atoms with E-state index in [-0.39, 0.29) is 12.7 Å². The summed E-state index contributed by atoms with van der Waals surface area (Å²) in [4.78, 5) is 0. The highest BCUT2D eigenvalue weighted by Gasteiger charge is 2.05. The molecular weight excluding hydrogens is 116 g/mol. The molecule has 1 radical (unpaired) electrons. The third-order valence-electron chi connectivity index (χ3n) is 1.40. The lowest BCUT2D eigenvalue weighted by molar-refractivity contribution is 0.000169. The van der Waals surface area contributed by atoms with Gasteiger partial charge in [0.25, 0.3) is 0 Å². The predicted octanol–water partition coefficient (Wildman–Crippen LogP) is 1.48. The Morgan fingerprint density at radius 1 is 1.33 bits per heavy atom. The molecule has 0 saturated heterocycles. The van der Waals surface area contributed by atoms with E-state index in [0.717, 1.165) is 0 Å². The monoisotopic (exact) mass is 131 g/mol. The molecule has 0 aromatic rings. The van der Waals surface area contributed by atoms with Gasteiger partial charge in [-0.3, -0.25) is 0 Å². The van der Waals surface area contributed by atoms with Crippen LogP contribution in [0.15, 0.2) is 0 Å². The fraction of sp³-hybridized carbons (Fsp3) is 1.00. The molecule has 2 nitrogen and oxygen atoms in total. The van der Waals surface area contributed by atoms with Crippen molar-refractivity contribution >= 4 is 0 Å². The van der Waals surface area contributed by atoms with Crippen molar-refractivity contribution in [2.24, 2.45) is 5.92 Å². The van der Waals surface area contributed by atoms with Crippen LogP contribution in [0.4, 0.5) is 0 Å². The summed E-state index contributed by atoms with van der Waals surface area (Å²) in [6.07, 6.45) is 0.221. The molecule has 0 spiro atoms. The van der Waals surface area contributed by atoms with Crippen LogP contribution in [-0.4, -0.2) is 19.3 Å². The van der Waals surface area contributed by atoms with Crippen molar-refractivity contribution in [3.05, 3.63) is 0 Å². The third kappa shape index (κ3) is 4.43. The second-order valence-corrected chi connectivity index (χ2v) is 2.52. The summed E-state index contributed by atoms with van der Waals surface area (Å²) in [6, 6.07) is 0. The first-order valence-electron chi connectivity index (χ1n) is 3.38. The second-order valence-electron chi connectivity index (χ2n) is 2.52. The van der Waals surface area contributed by atoms with Gasteiger partial charge in [0.15, 0.2) is 0 Å². The summed E-state index contributed by atoms with van der Waals surface area (Å²) in [6.45, 7) is 6.36. The fourth-order valence-corrected chi connectivity index (χ4v) is 0.426. The molecule has 0 rings (SSSR count). The fourth-order valence-electron chi connectivity index (χ4n) is 0.426. The molecule has 55 valence electrons. The highest BCUT2D eigenvalue weighted by Crippen LogP contribution is 2.03. The van der Waals surface area contributed by atoms with E-state index in [4.69, 9.17) is 4.74 Å². The summed E-state index contributed by atoms with van der Waals surface area (Å²) in [5.41, 5.74) is 0. The van der Waals surface area contributed by atoms with Gasteiger partial charge in [-0.25, -0.2) is 5.11 Å². The molecule has 0 N–H and O–H groups in total. The molecule has 0 aliphatic rings. The van der Waals surface area contributed by atoms with Crippen LogP contribution in [0.5, 0.6) is 0 Å². The van der Waals surface area contributed by atoms with E-state index < -0.39 is 0 Å². The van der Waals surface area contributed by atoms with Crippen molar-refractivity contribution in [3.8, 4) is 0 Å². The molecule has 0 heterocycles. The maximum absolute atomic E-state index is 9.93. The molecule has 0 bridgehead atoms. The van der Waals surface area contributed by atoms with Crippen molar-refractivity contribution in [1.29, 1.82) is 0 Å². The van der Waals surface area contributed by atoms with Crippen molar-refractivity contribution in [2.75, 3.05) is 13.2 Å². The summed E-state index contributed by atoms with van der Waals surface area (Å²) < 4.78 is 5.14. The van der Waals surface area contributed by atoms with E-state index in [2.05, 4.69) is 13.8 Å². The van der Waals surface area contributed by atoms with Gasteiger partial charge in [-0.15, -0.1) is 0 Å². The van der Waals surface area contributed by atoms with Crippen LogP contribution in [0.1, 0.15) is 20.8 Å². The summed E-state index contributed by atoms with van der Waals surface area (Å²) in [5, 5.41) is 9.93. The molecule has 0 aromatic carbocycles. The van der Waals surface area contributed by atoms with Crippen LogP contribution in [0, 0.1) is 5.92 Å². The Morgan fingerprint density at radius 2 is 1.89 bits per heavy atom. The maximum atomic E-state index is 9.93. The first-order valence-corrected chi connectivity index (χ1v) is 3.38. The van der Waals surface area contributed by atoms with Crippen LogP contribution in [0.3, 0.4) is 0 Å². The normalized spacial score (nSPS) is 14.3. The van der Waals surface area contributed by atoms with Crippen LogP contribution in [0.2, 0.25) is 0 Å². The van der Waals surface area contributed by atoms with Gasteiger partial charge in [-0.2, -0.15) is 0 Å². The lowest BCUT2D eigenvalue weighted by atomic mass is 10.1. The van der Waals surface area contributed by atoms with E-state index in [1.54, 1.807) is 0 Å². The molecule has 2 heteroatoms. The van der Waals surface area contributed by atoms with Gasteiger partial charge in [0.05, 0.1) is 12.7 Å². The molecule has 0 aliphatic heterocycles. The lowest BCUT2D eigenvalue weighted by Crippen LogP contribution is -2.16. The van der Waals surface area contributed by atoms with Gasteiger partial charge in [0.2, 0.25) is 0 Å². The van der Waals surface area contributed by atoms with Gasteiger partial charge in [0.1, 0.15) is 6.61 Å². The minimum Gasteiger partial charge on any atom is -0.376 e. The van der Waals surface area contributed by atoms with E-state index in [0.29, 0.717) is 12.5 Å². The average molecular weight is 131 g/mol. The highest BCUT2D eigenvalue weighted by atomic mass is 16.5. The molecule has 0 fully saturated rings. The van der Waals surface area contributed by atoms with Crippen LogP contribution in [-0.2, 0) is 9.84 Å². The molecule has 9 heavy (non-hydrogen) atoms. The quantitative estimate of drug-likeness (QED) is 0.568. The molecule has 0 aromatic heterocycles. The third-order valence-corrected chi connectivity index (χ3v) is 1.40. The number of rotatable bonds is 4. The van der Waals surface area contributed by atoms with E-state index in [1.807, 2.05) is 6.92 Å². The Bertz CT molecular complexity index is 61.9. The van der Waals surface area contributed by atoms with Crippen LogP contribution in [0.25, 0.3) is 0 Å². The SMILES string of the molecule is CC(C)C(C)OCC[O]. The second kappa shape index (κ2) is 4.77. The molecule has 0 aliphatic carbocycles. The first-order chi connectivity index (χ1) is 4.18. The number of hydrogen-bond acceptors (Lipinski definition) is 1. The van der Waals surface area contributed by atoms with Gasteiger partial charge >= 0.3 is 0 Å². The average Bonchev–Trinajstić information content (AvgIpc) is 1.82. The largest absolute Gasteiger partial charge is 0.376 e. The Kier molecular flexibility index (Phi) is 4.72. The van der Waals surface area contributed by atoms with Crippen molar-refractivity contribution in [3.63, 3.8) is 0 Å². The molecule has 0 amide bonds. The van der Waals surface area contributed by atoms with Crippen molar-refractivity contribution < 1.29 is 9.84 Å². The topological polar surface area (TPSA) is 29.1 Å². The van der Waals surface area contributed by atoms with Crippen LogP contribution < -0.4 is 0 Å². The van der Waals surface area contributed by atoms with Gasteiger partial charge in [-0.05, 0) is 12.8 Å². The minimum absolute atomic E-state index is 0.128. The molecule has 1 unspecified atom stereocenters. The number of ether oxygens (including phenoxy) is 1. The van der Waals surface area contributed by atoms with E-state index in [9.17, 15) is 5.11 Å². The molecule has 0 saturated carbocycles. The van der Waals surface area contributed by atoms with E-state index in [1.165, 1.54) is 0 Å². The minimum atomic E-state index is -0.128. The standard InChI is InChI=1S/C7H15O2/c1-6(2)7(3)9-5-4-8/h6-7H,4-5H2,1-3H3. The summed E-state index contributed by atoms with van der Waals surface area (Å²) >= 11 is 0. The summed E-state index contributed by atoms with van der Waals surface area (Å²) in [5.74, 6) is 0.511. The van der Waals surface area contributed by atoms with Gasteiger partial charge in [-0.1, -0.05) is 13.8 Å². The zero-order valence-electron chi connectivity index (χ0n) is 6.39. The molecular formula is C7H15O2. The summed E-state index contributed by atoms with van der Waals surface area (Å²) in [7, 11) is 0. The zero-order chi connectivity index (χ0) is 7.28. The van der Waals surface area contributed by atoms with Crippen molar-refractivity contribution in [2.45, 2.75) is 26.9 Å². The van der Waals surface area contributed by atoms with Crippen molar-refractivity contribution in [1.82, 2.24) is 0 Å². The Hall–Kier alpha value is -0.0800.